The van der Waals surface area contributed by atoms with Crippen LogP contribution in [0.25, 0.3) is 11.3 Å². The molecule has 3 heterocycles. The third kappa shape index (κ3) is 3.73. The van der Waals surface area contributed by atoms with Gasteiger partial charge in [0.15, 0.2) is 0 Å². The van der Waals surface area contributed by atoms with E-state index in [1.54, 1.807) is 25.1 Å². The van der Waals surface area contributed by atoms with Gasteiger partial charge in [0.05, 0.1) is 23.4 Å². The maximum Gasteiger partial charge on any atom is 0.416 e. The van der Waals surface area contributed by atoms with Gasteiger partial charge < -0.3 is 9.40 Å². The number of H-pyrrole nitrogens is 1. The molecule has 0 aliphatic carbocycles. The molecule has 0 fully saturated rings. The number of alkyl halides is 3. The maximum atomic E-state index is 12.9. The molecule has 28 heavy (non-hydrogen) atoms. The average molecular weight is 389 g/mol. The van der Waals surface area contributed by atoms with Crippen LogP contribution < -0.4 is 5.56 Å². The quantitative estimate of drug-likeness (QED) is 0.738. The van der Waals surface area contributed by atoms with Gasteiger partial charge in [-0.25, -0.2) is 4.98 Å². The molecule has 0 bridgehead atoms. The van der Waals surface area contributed by atoms with Gasteiger partial charge in [-0.3, -0.25) is 9.69 Å². The number of furan rings is 1. The first-order valence-corrected chi connectivity index (χ1v) is 8.87. The van der Waals surface area contributed by atoms with E-state index in [0.29, 0.717) is 48.0 Å². The Bertz CT molecular complexity index is 1070. The molecule has 0 saturated heterocycles. The van der Waals surface area contributed by atoms with E-state index in [4.69, 9.17) is 4.42 Å². The maximum absolute atomic E-state index is 12.9. The first-order chi connectivity index (χ1) is 13.3. The van der Waals surface area contributed by atoms with Gasteiger partial charge in [-0.2, -0.15) is 13.2 Å². The molecule has 0 saturated carbocycles. The summed E-state index contributed by atoms with van der Waals surface area (Å²) in [5.41, 5.74) is 1.01. The second kappa shape index (κ2) is 6.94. The van der Waals surface area contributed by atoms with Crippen LogP contribution in [0.2, 0.25) is 0 Å². The minimum absolute atomic E-state index is 0.128. The molecule has 1 aromatic carbocycles. The summed E-state index contributed by atoms with van der Waals surface area (Å²) in [6, 6.07) is 8.48. The first kappa shape index (κ1) is 18.5. The Morgan fingerprint density at radius 1 is 1.25 bits per heavy atom. The van der Waals surface area contributed by atoms with Gasteiger partial charge in [-0.1, -0.05) is 12.1 Å². The molecule has 1 aliphatic heterocycles. The summed E-state index contributed by atoms with van der Waals surface area (Å²) in [7, 11) is 0. The third-order valence-electron chi connectivity index (χ3n) is 4.78. The second-order valence-electron chi connectivity index (χ2n) is 6.88. The lowest BCUT2D eigenvalue weighted by Gasteiger charge is -2.26. The lowest BCUT2D eigenvalue weighted by Crippen LogP contribution is -2.35. The smallest absolute Gasteiger partial charge is 0.416 e. The first-order valence-electron chi connectivity index (χ1n) is 8.87. The van der Waals surface area contributed by atoms with Crippen LogP contribution in [0.4, 0.5) is 13.2 Å². The van der Waals surface area contributed by atoms with E-state index in [1.807, 2.05) is 0 Å². The van der Waals surface area contributed by atoms with Gasteiger partial charge in [-0.05, 0) is 31.2 Å². The summed E-state index contributed by atoms with van der Waals surface area (Å²) in [4.78, 5) is 21.3. The minimum Gasteiger partial charge on any atom is -0.460 e. The Kier molecular flexibility index (Phi) is 4.58. The summed E-state index contributed by atoms with van der Waals surface area (Å²) in [6.45, 7) is 3.40. The van der Waals surface area contributed by atoms with E-state index >= 15 is 0 Å². The number of nitrogens with one attached hydrogen (secondary N) is 1. The van der Waals surface area contributed by atoms with Crippen molar-refractivity contribution in [3.05, 3.63) is 75.2 Å². The van der Waals surface area contributed by atoms with Gasteiger partial charge in [0.25, 0.3) is 5.56 Å². The van der Waals surface area contributed by atoms with Crippen molar-refractivity contribution in [1.82, 2.24) is 14.9 Å². The Morgan fingerprint density at radius 2 is 2.07 bits per heavy atom. The minimum atomic E-state index is -4.40. The van der Waals surface area contributed by atoms with Gasteiger partial charge in [0.1, 0.15) is 17.3 Å². The van der Waals surface area contributed by atoms with Crippen LogP contribution in [0.3, 0.4) is 0 Å². The van der Waals surface area contributed by atoms with E-state index < -0.39 is 11.7 Å². The van der Waals surface area contributed by atoms with Crippen molar-refractivity contribution in [1.29, 1.82) is 0 Å². The zero-order valence-corrected chi connectivity index (χ0v) is 15.1. The molecule has 0 amide bonds. The summed E-state index contributed by atoms with van der Waals surface area (Å²) in [5.74, 6) is 1.62. The van der Waals surface area contributed by atoms with Crippen LogP contribution in [0.15, 0.2) is 45.6 Å². The number of benzene rings is 1. The predicted molar refractivity (Wildman–Crippen MR) is 96.6 cm³/mol. The van der Waals surface area contributed by atoms with Crippen molar-refractivity contribution < 1.29 is 17.6 Å². The van der Waals surface area contributed by atoms with Crippen LogP contribution >= 0.6 is 0 Å². The number of aromatic amines is 1. The summed E-state index contributed by atoms with van der Waals surface area (Å²) in [5, 5.41) is 0. The Labute approximate surface area is 158 Å². The second-order valence-corrected chi connectivity index (χ2v) is 6.88. The van der Waals surface area contributed by atoms with Crippen molar-refractivity contribution in [2.45, 2.75) is 32.6 Å². The number of fused-ring (bicyclic) bond motifs is 1. The van der Waals surface area contributed by atoms with E-state index in [2.05, 4.69) is 14.9 Å². The summed E-state index contributed by atoms with van der Waals surface area (Å²) < 4.78 is 44.5. The van der Waals surface area contributed by atoms with E-state index in [0.717, 1.165) is 24.4 Å². The fourth-order valence-electron chi connectivity index (χ4n) is 3.43. The SMILES string of the molecule is Cc1nc2c(c(=O)[nH]1)CN(Cc1ccc(-c3cccc(C(F)(F)F)c3)o1)CC2. The topological polar surface area (TPSA) is 62.1 Å². The van der Waals surface area contributed by atoms with Gasteiger partial charge in [0.2, 0.25) is 0 Å². The molecule has 0 radical (unpaired) electrons. The number of hydrogen-bond acceptors (Lipinski definition) is 4. The summed E-state index contributed by atoms with van der Waals surface area (Å²) in [6.07, 6.45) is -3.73. The van der Waals surface area contributed by atoms with Crippen LogP contribution in [0.1, 0.15) is 28.4 Å². The predicted octanol–water partition coefficient (Wildman–Crippen LogP) is 3.92. The van der Waals surface area contributed by atoms with Crippen molar-refractivity contribution in [3.63, 3.8) is 0 Å². The molecular weight excluding hydrogens is 371 g/mol. The number of rotatable bonds is 3. The highest BCUT2D eigenvalue weighted by Crippen LogP contribution is 2.33. The molecule has 1 N–H and O–H groups in total. The Morgan fingerprint density at radius 3 is 2.86 bits per heavy atom. The van der Waals surface area contributed by atoms with Crippen LogP contribution in [-0.2, 0) is 25.7 Å². The van der Waals surface area contributed by atoms with E-state index in [1.165, 1.54) is 6.07 Å². The van der Waals surface area contributed by atoms with Crippen molar-refractivity contribution in [2.24, 2.45) is 0 Å². The molecule has 0 spiro atoms. The Hall–Kier alpha value is -2.87. The van der Waals surface area contributed by atoms with Gasteiger partial charge >= 0.3 is 6.18 Å². The molecule has 0 unspecified atom stereocenters. The molecule has 146 valence electrons. The van der Waals surface area contributed by atoms with Crippen molar-refractivity contribution in [2.75, 3.05) is 6.54 Å². The number of hydrogen-bond donors (Lipinski definition) is 1. The Balaban J connectivity index is 1.51. The molecule has 1 aliphatic rings. The normalized spacial score (nSPS) is 14.9. The molecule has 0 atom stereocenters. The van der Waals surface area contributed by atoms with E-state index in [-0.39, 0.29) is 5.56 Å². The lowest BCUT2D eigenvalue weighted by atomic mass is 10.1. The largest absolute Gasteiger partial charge is 0.460 e. The highest BCUT2D eigenvalue weighted by molar-refractivity contribution is 5.58. The van der Waals surface area contributed by atoms with Crippen LogP contribution in [0.5, 0.6) is 0 Å². The zero-order chi connectivity index (χ0) is 19.9. The lowest BCUT2D eigenvalue weighted by molar-refractivity contribution is -0.137. The number of nitrogens with zero attached hydrogens (tertiary/aromatic N) is 2. The van der Waals surface area contributed by atoms with Crippen molar-refractivity contribution >= 4 is 0 Å². The van der Waals surface area contributed by atoms with Gasteiger partial charge in [-0.15, -0.1) is 0 Å². The summed E-state index contributed by atoms with van der Waals surface area (Å²) >= 11 is 0. The number of aromatic nitrogens is 2. The molecule has 5 nitrogen and oxygen atoms in total. The standard InChI is InChI=1S/C20H18F3N3O2/c1-12-24-17-7-8-26(11-16(17)19(27)25-12)10-15-5-6-18(28-15)13-3-2-4-14(9-13)20(21,22)23/h2-6,9H,7-8,10-11H2,1H3,(H,24,25,27). The van der Waals surface area contributed by atoms with Crippen LogP contribution in [0, 0.1) is 6.92 Å². The molecule has 2 aromatic heterocycles. The van der Waals surface area contributed by atoms with E-state index in [9.17, 15) is 18.0 Å². The zero-order valence-electron chi connectivity index (χ0n) is 15.1. The van der Waals surface area contributed by atoms with Crippen molar-refractivity contribution in [3.8, 4) is 11.3 Å². The highest BCUT2D eigenvalue weighted by Gasteiger charge is 2.30. The fraction of sp³-hybridized carbons (Fsp3) is 0.300. The third-order valence-corrected chi connectivity index (χ3v) is 4.78. The molecule has 8 heteroatoms. The monoisotopic (exact) mass is 389 g/mol. The van der Waals surface area contributed by atoms with Crippen LogP contribution in [-0.4, -0.2) is 21.4 Å². The number of aryl methyl sites for hydroxylation is 1. The fourth-order valence-corrected chi connectivity index (χ4v) is 3.43. The highest BCUT2D eigenvalue weighted by atomic mass is 19.4. The molecular formula is C20H18F3N3O2. The van der Waals surface area contributed by atoms with Gasteiger partial charge in [0, 0.05) is 25.1 Å². The molecule has 4 rings (SSSR count). The number of halogens is 3. The molecule has 3 aromatic rings. The average Bonchev–Trinajstić information content (AvgIpc) is 3.10.